The van der Waals surface area contributed by atoms with E-state index in [1.165, 1.54) is 12.8 Å². The molecule has 0 aliphatic heterocycles. The van der Waals surface area contributed by atoms with E-state index in [1.54, 1.807) is 25.3 Å². The van der Waals surface area contributed by atoms with Gasteiger partial charge >= 0.3 is 0 Å². The lowest BCUT2D eigenvalue weighted by Crippen LogP contribution is -2.26. The standard InChI is InChI=1S/C14H20N2O3S/c1-19-14-7-6-13(20(17,18)16-12-4-5-12)8-10(14)9-15-11-2-3-11/h6-8,11-12,15-16H,2-5,9H2,1H3. The average Bonchev–Trinajstić information content (AvgIpc) is 3.30. The Morgan fingerprint density at radius 1 is 1.20 bits per heavy atom. The van der Waals surface area contributed by atoms with Gasteiger partial charge in [0.1, 0.15) is 5.75 Å². The molecule has 2 saturated carbocycles. The molecule has 0 bridgehead atoms. The van der Waals surface area contributed by atoms with Gasteiger partial charge < -0.3 is 10.1 Å². The molecule has 1 aromatic carbocycles. The second-order valence-electron chi connectivity index (χ2n) is 5.52. The molecule has 0 amide bonds. The fraction of sp³-hybridized carbons (Fsp3) is 0.571. The smallest absolute Gasteiger partial charge is 0.240 e. The first-order valence-corrected chi connectivity index (χ1v) is 8.49. The molecule has 5 nitrogen and oxygen atoms in total. The predicted octanol–water partition coefficient (Wildman–Crippen LogP) is 1.39. The summed E-state index contributed by atoms with van der Waals surface area (Å²) in [5, 5.41) is 3.38. The first kappa shape index (κ1) is 13.9. The Kier molecular flexibility index (Phi) is 3.70. The second-order valence-corrected chi connectivity index (χ2v) is 7.24. The molecular weight excluding hydrogens is 276 g/mol. The molecule has 0 aromatic heterocycles. The molecule has 0 atom stereocenters. The van der Waals surface area contributed by atoms with Crippen LogP contribution in [0, 0.1) is 0 Å². The molecule has 1 aromatic rings. The van der Waals surface area contributed by atoms with Crippen molar-refractivity contribution in [2.24, 2.45) is 0 Å². The molecule has 110 valence electrons. The van der Waals surface area contributed by atoms with Crippen molar-refractivity contribution in [2.75, 3.05) is 7.11 Å². The highest BCUT2D eigenvalue weighted by Crippen LogP contribution is 2.27. The van der Waals surface area contributed by atoms with Crippen molar-refractivity contribution in [1.29, 1.82) is 0 Å². The Morgan fingerprint density at radius 2 is 1.90 bits per heavy atom. The van der Waals surface area contributed by atoms with Gasteiger partial charge in [0.15, 0.2) is 0 Å². The summed E-state index contributed by atoms with van der Waals surface area (Å²) in [7, 11) is -1.80. The molecule has 2 aliphatic carbocycles. The van der Waals surface area contributed by atoms with E-state index in [2.05, 4.69) is 10.0 Å². The zero-order valence-electron chi connectivity index (χ0n) is 11.6. The molecule has 6 heteroatoms. The lowest BCUT2D eigenvalue weighted by molar-refractivity contribution is 0.407. The first-order valence-electron chi connectivity index (χ1n) is 7.01. The van der Waals surface area contributed by atoms with E-state index in [4.69, 9.17) is 4.74 Å². The van der Waals surface area contributed by atoms with Gasteiger partial charge in [-0.05, 0) is 43.9 Å². The molecule has 0 heterocycles. The lowest BCUT2D eigenvalue weighted by Gasteiger charge is -2.12. The molecule has 2 N–H and O–H groups in total. The minimum absolute atomic E-state index is 0.121. The topological polar surface area (TPSA) is 67.4 Å². The summed E-state index contributed by atoms with van der Waals surface area (Å²) in [4.78, 5) is 0.317. The van der Waals surface area contributed by atoms with Crippen molar-refractivity contribution in [1.82, 2.24) is 10.0 Å². The number of nitrogens with one attached hydrogen (secondary N) is 2. The van der Waals surface area contributed by atoms with Gasteiger partial charge in [0, 0.05) is 24.2 Å². The number of methoxy groups -OCH3 is 1. The zero-order chi connectivity index (χ0) is 14.2. The molecule has 0 saturated heterocycles. The van der Waals surface area contributed by atoms with Gasteiger partial charge in [0.25, 0.3) is 0 Å². The van der Waals surface area contributed by atoms with Crippen LogP contribution in [0.2, 0.25) is 0 Å². The van der Waals surface area contributed by atoms with Crippen LogP contribution in [0.3, 0.4) is 0 Å². The van der Waals surface area contributed by atoms with Crippen LogP contribution in [0.1, 0.15) is 31.2 Å². The number of hydrogen-bond acceptors (Lipinski definition) is 4. The van der Waals surface area contributed by atoms with Crippen molar-refractivity contribution in [3.8, 4) is 5.75 Å². The van der Waals surface area contributed by atoms with Crippen LogP contribution in [0.5, 0.6) is 5.75 Å². The monoisotopic (exact) mass is 296 g/mol. The second kappa shape index (κ2) is 5.35. The molecule has 2 fully saturated rings. The van der Waals surface area contributed by atoms with E-state index in [9.17, 15) is 8.42 Å². The minimum Gasteiger partial charge on any atom is -0.496 e. The quantitative estimate of drug-likeness (QED) is 0.798. The summed E-state index contributed by atoms with van der Waals surface area (Å²) in [6.07, 6.45) is 4.27. The number of sulfonamides is 1. The van der Waals surface area contributed by atoms with E-state index < -0.39 is 10.0 Å². The lowest BCUT2D eigenvalue weighted by atomic mass is 10.2. The summed E-state index contributed by atoms with van der Waals surface area (Å²) in [5.74, 6) is 0.725. The van der Waals surface area contributed by atoms with E-state index in [0.717, 1.165) is 24.2 Å². The third kappa shape index (κ3) is 3.31. The van der Waals surface area contributed by atoms with Gasteiger partial charge in [-0.15, -0.1) is 0 Å². The maximum absolute atomic E-state index is 12.2. The van der Waals surface area contributed by atoms with Gasteiger partial charge in [-0.25, -0.2) is 13.1 Å². The summed E-state index contributed by atoms with van der Waals surface area (Å²) in [6, 6.07) is 5.73. The van der Waals surface area contributed by atoms with Crippen molar-refractivity contribution in [3.05, 3.63) is 23.8 Å². The highest BCUT2D eigenvalue weighted by Gasteiger charge is 2.28. The summed E-state index contributed by atoms with van der Waals surface area (Å²) < 4.78 is 32.4. The highest BCUT2D eigenvalue weighted by molar-refractivity contribution is 7.89. The van der Waals surface area contributed by atoms with Crippen LogP contribution in [-0.4, -0.2) is 27.6 Å². The van der Waals surface area contributed by atoms with Gasteiger partial charge in [0.05, 0.1) is 12.0 Å². The Balaban J connectivity index is 1.81. The van der Waals surface area contributed by atoms with Crippen molar-refractivity contribution in [2.45, 2.75) is 49.2 Å². The fourth-order valence-corrected chi connectivity index (χ4v) is 3.45. The van der Waals surface area contributed by atoms with Crippen molar-refractivity contribution in [3.63, 3.8) is 0 Å². The maximum Gasteiger partial charge on any atom is 0.240 e. The highest BCUT2D eigenvalue weighted by atomic mass is 32.2. The van der Waals surface area contributed by atoms with Crippen LogP contribution in [-0.2, 0) is 16.6 Å². The SMILES string of the molecule is COc1ccc(S(=O)(=O)NC2CC2)cc1CNC1CC1. The number of benzene rings is 1. The van der Waals surface area contributed by atoms with E-state index >= 15 is 0 Å². The summed E-state index contributed by atoms with van der Waals surface area (Å²) in [6.45, 7) is 0.640. The predicted molar refractivity (Wildman–Crippen MR) is 76.2 cm³/mol. The third-order valence-electron chi connectivity index (χ3n) is 3.62. The van der Waals surface area contributed by atoms with Crippen molar-refractivity contribution >= 4 is 10.0 Å². The third-order valence-corrected chi connectivity index (χ3v) is 5.14. The molecule has 3 rings (SSSR count). The van der Waals surface area contributed by atoms with Gasteiger partial charge in [-0.3, -0.25) is 0 Å². The van der Waals surface area contributed by atoms with Crippen LogP contribution in [0.25, 0.3) is 0 Å². The average molecular weight is 296 g/mol. The Labute approximate surface area is 119 Å². The molecule has 0 spiro atoms. The van der Waals surface area contributed by atoms with E-state index in [0.29, 0.717) is 17.5 Å². The van der Waals surface area contributed by atoms with E-state index in [1.807, 2.05) is 0 Å². The van der Waals surface area contributed by atoms with Gasteiger partial charge in [-0.1, -0.05) is 0 Å². The zero-order valence-corrected chi connectivity index (χ0v) is 12.4. The van der Waals surface area contributed by atoms with Crippen LogP contribution in [0.15, 0.2) is 23.1 Å². The van der Waals surface area contributed by atoms with Crippen LogP contribution < -0.4 is 14.8 Å². The van der Waals surface area contributed by atoms with Crippen LogP contribution in [0.4, 0.5) is 0 Å². The minimum atomic E-state index is -3.40. The summed E-state index contributed by atoms with van der Waals surface area (Å²) >= 11 is 0. The van der Waals surface area contributed by atoms with Gasteiger partial charge in [0.2, 0.25) is 10.0 Å². The fourth-order valence-electron chi connectivity index (χ4n) is 2.09. The Morgan fingerprint density at radius 3 is 2.50 bits per heavy atom. The molecule has 0 unspecified atom stereocenters. The largest absolute Gasteiger partial charge is 0.496 e. The summed E-state index contributed by atoms with van der Waals surface area (Å²) in [5.41, 5.74) is 0.887. The molecule has 0 radical (unpaired) electrons. The number of ether oxygens (including phenoxy) is 1. The first-order chi connectivity index (χ1) is 9.58. The Bertz CT molecular complexity index is 592. The molecular formula is C14H20N2O3S. The molecule has 20 heavy (non-hydrogen) atoms. The van der Waals surface area contributed by atoms with Crippen LogP contribution >= 0.6 is 0 Å². The number of rotatable bonds is 7. The maximum atomic E-state index is 12.2. The van der Waals surface area contributed by atoms with E-state index in [-0.39, 0.29) is 6.04 Å². The van der Waals surface area contributed by atoms with Gasteiger partial charge in [-0.2, -0.15) is 0 Å². The Hall–Kier alpha value is -1.11. The normalized spacial score (nSPS) is 19.1. The van der Waals surface area contributed by atoms with Crippen molar-refractivity contribution < 1.29 is 13.2 Å². The molecule has 2 aliphatic rings. The number of hydrogen-bond donors (Lipinski definition) is 2.